The van der Waals surface area contributed by atoms with Crippen LogP contribution in [0.3, 0.4) is 0 Å². The lowest BCUT2D eigenvalue weighted by Crippen LogP contribution is -2.38. The molecule has 0 aliphatic carbocycles. The van der Waals surface area contributed by atoms with Crippen LogP contribution in [0, 0.1) is 5.92 Å². The van der Waals surface area contributed by atoms with Crippen LogP contribution in [0.1, 0.15) is 39.5 Å². The van der Waals surface area contributed by atoms with Gasteiger partial charge < -0.3 is 15.3 Å². The molecule has 0 aromatic heterocycles. The van der Waals surface area contributed by atoms with Crippen molar-refractivity contribution in [1.29, 1.82) is 0 Å². The van der Waals surface area contributed by atoms with Crippen molar-refractivity contribution in [3.8, 4) is 0 Å². The zero-order valence-corrected chi connectivity index (χ0v) is 11.1. The van der Waals surface area contributed by atoms with E-state index in [9.17, 15) is 9.90 Å². The molecule has 0 saturated carbocycles. The molecule has 1 aliphatic rings. The van der Waals surface area contributed by atoms with Gasteiger partial charge in [-0.2, -0.15) is 0 Å². The average Bonchev–Trinajstić information content (AvgIpc) is 2.35. The molecule has 1 unspecified atom stereocenters. The third-order valence-corrected chi connectivity index (χ3v) is 3.57. The number of nitrogens with one attached hydrogen (secondary N) is 1. The van der Waals surface area contributed by atoms with E-state index in [1.165, 1.54) is 0 Å². The van der Waals surface area contributed by atoms with E-state index in [4.69, 9.17) is 0 Å². The van der Waals surface area contributed by atoms with Crippen LogP contribution < -0.4 is 5.32 Å². The molecule has 1 aliphatic heterocycles. The number of piperidine rings is 1. The van der Waals surface area contributed by atoms with Gasteiger partial charge in [0, 0.05) is 25.6 Å². The highest BCUT2D eigenvalue weighted by Crippen LogP contribution is 2.09. The van der Waals surface area contributed by atoms with Crippen molar-refractivity contribution in [2.45, 2.75) is 45.6 Å². The Bertz CT molecular complexity index is 225. The SMILES string of the molecule is CCC(C)C(=O)NCCCN1CCC(O)CC1. The van der Waals surface area contributed by atoms with Gasteiger partial charge in [-0.15, -0.1) is 0 Å². The van der Waals surface area contributed by atoms with E-state index in [2.05, 4.69) is 10.2 Å². The lowest BCUT2D eigenvalue weighted by molar-refractivity contribution is -0.124. The first kappa shape index (κ1) is 14.5. The van der Waals surface area contributed by atoms with E-state index in [1.807, 2.05) is 13.8 Å². The van der Waals surface area contributed by atoms with Gasteiger partial charge in [-0.25, -0.2) is 0 Å². The molecular formula is C13H26N2O2. The second kappa shape index (κ2) is 7.67. The van der Waals surface area contributed by atoms with Crippen LogP contribution in [-0.2, 0) is 4.79 Å². The van der Waals surface area contributed by atoms with Gasteiger partial charge in [0.1, 0.15) is 0 Å². The van der Waals surface area contributed by atoms with Gasteiger partial charge in [0.25, 0.3) is 0 Å². The molecule has 0 radical (unpaired) electrons. The highest BCUT2D eigenvalue weighted by atomic mass is 16.3. The minimum absolute atomic E-state index is 0.101. The van der Waals surface area contributed by atoms with Gasteiger partial charge in [0.15, 0.2) is 0 Å². The summed E-state index contributed by atoms with van der Waals surface area (Å²) in [5.41, 5.74) is 0. The molecule has 0 spiro atoms. The smallest absolute Gasteiger partial charge is 0.222 e. The number of hydrogen-bond donors (Lipinski definition) is 2. The number of nitrogens with zero attached hydrogens (tertiary/aromatic N) is 1. The van der Waals surface area contributed by atoms with Gasteiger partial charge in [0.2, 0.25) is 5.91 Å². The fraction of sp³-hybridized carbons (Fsp3) is 0.923. The van der Waals surface area contributed by atoms with Gasteiger partial charge in [-0.05, 0) is 32.2 Å². The Hall–Kier alpha value is -0.610. The summed E-state index contributed by atoms with van der Waals surface area (Å²) in [5.74, 6) is 0.293. The molecule has 1 amide bonds. The van der Waals surface area contributed by atoms with Crippen molar-refractivity contribution in [2.24, 2.45) is 5.92 Å². The first-order valence-corrected chi connectivity index (χ1v) is 6.81. The van der Waals surface area contributed by atoms with Crippen LogP contribution in [-0.4, -0.2) is 48.2 Å². The number of carbonyl (C=O) groups is 1. The minimum atomic E-state index is -0.101. The number of hydrogen-bond acceptors (Lipinski definition) is 3. The van der Waals surface area contributed by atoms with Crippen molar-refractivity contribution in [1.82, 2.24) is 10.2 Å². The summed E-state index contributed by atoms with van der Waals surface area (Å²) < 4.78 is 0. The van der Waals surface area contributed by atoms with Gasteiger partial charge in [-0.1, -0.05) is 13.8 Å². The molecule has 0 aromatic carbocycles. The van der Waals surface area contributed by atoms with Gasteiger partial charge in [-0.3, -0.25) is 4.79 Å². The van der Waals surface area contributed by atoms with Crippen LogP contribution in [0.5, 0.6) is 0 Å². The Morgan fingerprint density at radius 1 is 1.47 bits per heavy atom. The minimum Gasteiger partial charge on any atom is -0.393 e. The quantitative estimate of drug-likeness (QED) is 0.683. The maximum atomic E-state index is 11.5. The molecule has 1 saturated heterocycles. The lowest BCUT2D eigenvalue weighted by Gasteiger charge is -2.29. The third-order valence-electron chi connectivity index (χ3n) is 3.57. The normalized spacial score (nSPS) is 20.2. The number of rotatable bonds is 6. The molecule has 1 atom stereocenters. The van der Waals surface area contributed by atoms with Crippen LogP contribution in [0.25, 0.3) is 0 Å². The summed E-state index contributed by atoms with van der Waals surface area (Å²) in [6, 6.07) is 0. The topological polar surface area (TPSA) is 52.6 Å². The molecule has 1 rings (SSSR count). The monoisotopic (exact) mass is 242 g/mol. The molecule has 1 heterocycles. The van der Waals surface area contributed by atoms with E-state index in [0.717, 1.165) is 51.9 Å². The maximum Gasteiger partial charge on any atom is 0.222 e. The fourth-order valence-corrected chi connectivity index (χ4v) is 2.02. The summed E-state index contributed by atoms with van der Waals surface area (Å²) in [4.78, 5) is 13.9. The predicted octanol–water partition coefficient (Wildman–Crippen LogP) is 0.995. The molecular weight excluding hydrogens is 216 g/mol. The number of aliphatic hydroxyl groups is 1. The van der Waals surface area contributed by atoms with Crippen LogP contribution in [0.4, 0.5) is 0 Å². The van der Waals surface area contributed by atoms with E-state index in [0.29, 0.717) is 0 Å². The Kier molecular flexibility index (Phi) is 6.52. The van der Waals surface area contributed by atoms with Crippen molar-refractivity contribution in [3.63, 3.8) is 0 Å². The van der Waals surface area contributed by atoms with Gasteiger partial charge in [0.05, 0.1) is 6.10 Å². The molecule has 0 bridgehead atoms. The van der Waals surface area contributed by atoms with E-state index >= 15 is 0 Å². The van der Waals surface area contributed by atoms with Crippen LogP contribution >= 0.6 is 0 Å². The van der Waals surface area contributed by atoms with E-state index in [-0.39, 0.29) is 17.9 Å². The maximum absolute atomic E-state index is 11.5. The van der Waals surface area contributed by atoms with Crippen molar-refractivity contribution < 1.29 is 9.90 Å². The second-order valence-corrected chi connectivity index (χ2v) is 5.03. The molecule has 100 valence electrons. The molecule has 4 heteroatoms. The Morgan fingerprint density at radius 3 is 2.71 bits per heavy atom. The predicted molar refractivity (Wildman–Crippen MR) is 68.8 cm³/mol. The van der Waals surface area contributed by atoms with Crippen molar-refractivity contribution >= 4 is 5.91 Å². The summed E-state index contributed by atoms with van der Waals surface area (Å²) in [7, 11) is 0. The lowest BCUT2D eigenvalue weighted by atomic mass is 10.1. The van der Waals surface area contributed by atoms with Crippen LogP contribution in [0.15, 0.2) is 0 Å². The number of likely N-dealkylation sites (tertiary alicyclic amines) is 1. The number of carbonyl (C=O) groups excluding carboxylic acids is 1. The summed E-state index contributed by atoms with van der Waals surface area (Å²) >= 11 is 0. The number of amides is 1. The van der Waals surface area contributed by atoms with Crippen molar-refractivity contribution in [2.75, 3.05) is 26.2 Å². The zero-order chi connectivity index (χ0) is 12.7. The summed E-state index contributed by atoms with van der Waals surface area (Å²) in [6.45, 7) is 7.75. The number of aliphatic hydroxyl groups excluding tert-OH is 1. The Balaban J connectivity index is 2.02. The summed E-state index contributed by atoms with van der Waals surface area (Å²) in [5, 5.41) is 12.3. The van der Waals surface area contributed by atoms with E-state index in [1.54, 1.807) is 0 Å². The highest BCUT2D eigenvalue weighted by Gasteiger charge is 2.16. The molecule has 1 fully saturated rings. The van der Waals surface area contributed by atoms with Gasteiger partial charge >= 0.3 is 0 Å². The van der Waals surface area contributed by atoms with E-state index < -0.39 is 0 Å². The standard InChI is InChI=1S/C13H26N2O2/c1-3-11(2)13(17)14-7-4-8-15-9-5-12(16)6-10-15/h11-12,16H,3-10H2,1-2H3,(H,14,17). The third kappa shape index (κ3) is 5.50. The van der Waals surface area contributed by atoms with Crippen molar-refractivity contribution in [3.05, 3.63) is 0 Å². The molecule has 4 nitrogen and oxygen atoms in total. The highest BCUT2D eigenvalue weighted by molar-refractivity contribution is 5.78. The zero-order valence-electron chi connectivity index (χ0n) is 11.1. The fourth-order valence-electron chi connectivity index (χ4n) is 2.02. The Labute approximate surface area is 104 Å². The molecule has 2 N–H and O–H groups in total. The average molecular weight is 242 g/mol. The van der Waals surface area contributed by atoms with Crippen LogP contribution in [0.2, 0.25) is 0 Å². The molecule has 17 heavy (non-hydrogen) atoms. The Morgan fingerprint density at radius 2 is 2.12 bits per heavy atom. The first-order valence-electron chi connectivity index (χ1n) is 6.81. The largest absolute Gasteiger partial charge is 0.393 e. The second-order valence-electron chi connectivity index (χ2n) is 5.03. The first-order chi connectivity index (χ1) is 8.13. The summed E-state index contributed by atoms with van der Waals surface area (Å²) in [6.07, 6.45) is 3.57. The molecule has 0 aromatic rings.